The Morgan fingerprint density at radius 3 is 2.83 bits per heavy atom. The largest absolute Gasteiger partial charge is 0.350 e. The van der Waals surface area contributed by atoms with Gasteiger partial charge in [0.1, 0.15) is 0 Å². The highest BCUT2D eigenvalue weighted by Crippen LogP contribution is 2.30. The molecular formula is C17H19N3O3. The summed E-state index contributed by atoms with van der Waals surface area (Å²) >= 11 is 0. The number of aromatic nitrogens is 2. The van der Waals surface area contributed by atoms with Gasteiger partial charge in [0.15, 0.2) is 0 Å². The minimum Gasteiger partial charge on any atom is -0.350 e. The van der Waals surface area contributed by atoms with Crippen molar-refractivity contribution in [2.24, 2.45) is 0 Å². The molecule has 1 unspecified atom stereocenters. The minimum absolute atomic E-state index is 0.0690. The first-order chi connectivity index (χ1) is 11.1. The predicted octanol–water partition coefficient (Wildman–Crippen LogP) is 1.19. The first kappa shape index (κ1) is 15.3. The number of carbonyl (C=O) groups excluding carboxylic acids is 1. The third kappa shape index (κ3) is 3.59. The summed E-state index contributed by atoms with van der Waals surface area (Å²) in [7, 11) is 0. The van der Waals surface area contributed by atoms with Gasteiger partial charge in [-0.15, -0.1) is 0 Å². The van der Waals surface area contributed by atoms with Crippen molar-refractivity contribution >= 4 is 5.91 Å². The number of rotatable bonds is 3. The van der Waals surface area contributed by atoms with Crippen molar-refractivity contribution in [2.75, 3.05) is 0 Å². The Hall–Kier alpha value is -2.63. The van der Waals surface area contributed by atoms with Crippen molar-refractivity contribution in [3.05, 3.63) is 68.0 Å². The zero-order valence-corrected chi connectivity index (χ0v) is 12.7. The number of H-pyrrole nitrogens is 2. The number of aromatic amines is 2. The van der Waals surface area contributed by atoms with Crippen LogP contribution in [0.2, 0.25) is 0 Å². The van der Waals surface area contributed by atoms with Gasteiger partial charge in [-0.25, -0.2) is 4.79 Å². The van der Waals surface area contributed by atoms with Crippen LogP contribution in [0.1, 0.15) is 42.0 Å². The molecule has 6 nitrogen and oxygen atoms in total. The van der Waals surface area contributed by atoms with Gasteiger partial charge >= 0.3 is 5.69 Å². The van der Waals surface area contributed by atoms with E-state index in [1.165, 1.54) is 11.6 Å². The molecule has 2 aromatic rings. The lowest BCUT2D eigenvalue weighted by molar-refractivity contribution is -0.122. The summed E-state index contributed by atoms with van der Waals surface area (Å²) in [5.41, 5.74) is 1.67. The van der Waals surface area contributed by atoms with Gasteiger partial charge in [0.25, 0.3) is 5.56 Å². The molecular weight excluding hydrogens is 294 g/mol. The Labute approximate surface area is 133 Å². The molecule has 1 aliphatic carbocycles. The Balaban J connectivity index is 1.75. The van der Waals surface area contributed by atoms with Gasteiger partial charge in [0.2, 0.25) is 5.91 Å². The molecule has 120 valence electrons. The molecule has 0 fully saturated rings. The lowest BCUT2D eigenvalue weighted by Crippen LogP contribution is -2.31. The number of carbonyl (C=O) groups is 1. The van der Waals surface area contributed by atoms with Crippen LogP contribution in [0.15, 0.2) is 39.9 Å². The summed E-state index contributed by atoms with van der Waals surface area (Å²) in [5, 5.41) is 2.83. The third-order valence-electron chi connectivity index (χ3n) is 4.21. The molecule has 6 heteroatoms. The zero-order chi connectivity index (χ0) is 16.2. The molecule has 0 spiro atoms. The van der Waals surface area contributed by atoms with E-state index in [-0.39, 0.29) is 18.4 Å². The summed E-state index contributed by atoms with van der Waals surface area (Å²) in [6, 6.07) is 9.33. The summed E-state index contributed by atoms with van der Waals surface area (Å²) in [5.74, 6) is -0.247. The molecule has 0 saturated carbocycles. The monoisotopic (exact) mass is 313 g/mol. The van der Waals surface area contributed by atoms with Crippen molar-refractivity contribution in [1.82, 2.24) is 15.3 Å². The van der Waals surface area contributed by atoms with Gasteiger partial charge < -0.3 is 10.3 Å². The average molecular weight is 313 g/mol. The van der Waals surface area contributed by atoms with Crippen LogP contribution >= 0.6 is 0 Å². The molecule has 1 heterocycles. The molecule has 3 N–H and O–H groups in total. The van der Waals surface area contributed by atoms with Crippen molar-refractivity contribution in [1.29, 1.82) is 0 Å². The summed E-state index contributed by atoms with van der Waals surface area (Å²) in [6.45, 7) is 0.136. The summed E-state index contributed by atoms with van der Waals surface area (Å²) < 4.78 is 0. The second-order valence-corrected chi connectivity index (χ2v) is 5.83. The molecule has 0 radical (unpaired) electrons. The average Bonchev–Trinajstić information content (AvgIpc) is 2.74. The maximum atomic E-state index is 12.6. The highest BCUT2D eigenvalue weighted by atomic mass is 16.2. The van der Waals surface area contributed by atoms with Gasteiger partial charge in [0.05, 0.1) is 12.5 Å². The summed E-state index contributed by atoms with van der Waals surface area (Å²) in [4.78, 5) is 39.7. The molecule has 1 atom stereocenters. The Morgan fingerprint density at radius 2 is 2.00 bits per heavy atom. The van der Waals surface area contributed by atoms with Gasteiger partial charge in [-0.1, -0.05) is 30.7 Å². The number of hydrogen-bond donors (Lipinski definition) is 3. The van der Waals surface area contributed by atoms with Crippen molar-refractivity contribution in [2.45, 2.75) is 38.1 Å². The summed E-state index contributed by atoms with van der Waals surface area (Å²) in [6.07, 6.45) is 3.91. The van der Waals surface area contributed by atoms with Crippen LogP contribution in [-0.2, 0) is 17.8 Å². The number of hydrogen-bond acceptors (Lipinski definition) is 3. The smallest absolute Gasteiger partial charge is 0.325 e. The predicted molar refractivity (Wildman–Crippen MR) is 86.3 cm³/mol. The van der Waals surface area contributed by atoms with Crippen LogP contribution in [0.4, 0.5) is 0 Å². The van der Waals surface area contributed by atoms with E-state index < -0.39 is 11.2 Å². The molecule has 1 amide bonds. The normalized spacial score (nSPS) is 17.1. The number of nitrogens with one attached hydrogen (secondary N) is 3. The molecule has 1 aromatic carbocycles. The zero-order valence-electron chi connectivity index (χ0n) is 12.7. The van der Waals surface area contributed by atoms with E-state index >= 15 is 0 Å². The van der Waals surface area contributed by atoms with Gasteiger partial charge in [0, 0.05) is 11.8 Å². The van der Waals surface area contributed by atoms with Crippen molar-refractivity contribution < 1.29 is 4.79 Å². The number of aryl methyl sites for hydroxylation is 1. The Kier molecular flexibility index (Phi) is 4.41. The van der Waals surface area contributed by atoms with Gasteiger partial charge in [-0.05, 0) is 30.4 Å². The topological polar surface area (TPSA) is 94.8 Å². The number of benzene rings is 1. The molecule has 0 aliphatic heterocycles. The highest BCUT2D eigenvalue weighted by Gasteiger charge is 2.24. The number of fused-ring (bicyclic) bond motifs is 1. The molecule has 3 rings (SSSR count). The lowest BCUT2D eigenvalue weighted by atomic mass is 9.92. The van der Waals surface area contributed by atoms with Crippen LogP contribution in [0.25, 0.3) is 0 Å². The molecule has 1 aliphatic rings. The minimum atomic E-state index is -0.568. The Morgan fingerprint density at radius 1 is 1.17 bits per heavy atom. The van der Waals surface area contributed by atoms with Crippen molar-refractivity contribution in [3.63, 3.8) is 0 Å². The van der Waals surface area contributed by atoms with E-state index in [4.69, 9.17) is 0 Å². The fraction of sp³-hybridized carbons (Fsp3) is 0.353. The van der Waals surface area contributed by atoms with Crippen LogP contribution in [0.5, 0.6) is 0 Å². The molecule has 0 bridgehead atoms. The second-order valence-electron chi connectivity index (χ2n) is 5.83. The van der Waals surface area contributed by atoms with E-state index in [2.05, 4.69) is 21.4 Å². The fourth-order valence-corrected chi connectivity index (χ4v) is 3.11. The fourth-order valence-electron chi connectivity index (χ4n) is 3.11. The SMILES string of the molecule is O=C(NCc1cc(=O)[nH]c(=O)[nH]1)C1CCCCc2ccccc21. The quantitative estimate of drug-likeness (QED) is 0.743. The van der Waals surface area contributed by atoms with E-state index in [0.717, 1.165) is 31.2 Å². The van der Waals surface area contributed by atoms with Crippen LogP contribution < -0.4 is 16.6 Å². The second kappa shape index (κ2) is 6.64. The van der Waals surface area contributed by atoms with Crippen LogP contribution in [0.3, 0.4) is 0 Å². The molecule has 23 heavy (non-hydrogen) atoms. The first-order valence-corrected chi connectivity index (χ1v) is 7.81. The van der Waals surface area contributed by atoms with E-state index in [1.54, 1.807) is 0 Å². The first-order valence-electron chi connectivity index (χ1n) is 7.81. The standard InChI is InChI=1S/C17H19N3O3/c21-15-9-12(19-17(23)20-15)10-18-16(22)14-8-4-2-6-11-5-1-3-7-13(11)14/h1,3,5,7,9,14H,2,4,6,8,10H2,(H,18,22)(H2,19,20,21,23). The van der Waals surface area contributed by atoms with Crippen LogP contribution in [0, 0.1) is 0 Å². The van der Waals surface area contributed by atoms with Gasteiger partial charge in [-0.2, -0.15) is 0 Å². The highest BCUT2D eigenvalue weighted by molar-refractivity contribution is 5.84. The number of amides is 1. The van der Waals surface area contributed by atoms with Crippen molar-refractivity contribution in [3.8, 4) is 0 Å². The lowest BCUT2D eigenvalue weighted by Gasteiger charge is -2.17. The molecule has 0 saturated heterocycles. The maximum Gasteiger partial charge on any atom is 0.325 e. The van der Waals surface area contributed by atoms with E-state index in [0.29, 0.717) is 5.69 Å². The third-order valence-corrected chi connectivity index (χ3v) is 4.21. The van der Waals surface area contributed by atoms with E-state index in [1.807, 2.05) is 18.2 Å². The Bertz CT molecular complexity index is 794. The van der Waals surface area contributed by atoms with E-state index in [9.17, 15) is 14.4 Å². The van der Waals surface area contributed by atoms with Gasteiger partial charge in [-0.3, -0.25) is 14.6 Å². The molecule has 1 aromatic heterocycles. The maximum absolute atomic E-state index is 12.6. The van der Waals surface area contributed by atoms with Crippen LogP contribution in [-0.4, -0.2) is 15.9 Å².